The SMILES string of the molecule is CN(Cc1ccccc1)S(=O)(=O)c1ccc(N=Cc2ccc(Cl)cc2)cc1. The Hall–Kier alpha value is -2.47. The van der Waals surface area contributed by atoms with Gasteiger partial charge in [0.15, 0.2) is 0 Å². The number of aliphatic imine (C=N–C) groups is 1. The van der Waals surface area contributed by atoms with Gasteiger partial charge in [0.1, 0.15) is 0 Å². The normalized spacial score (nSPS) is 12.0. The Balaban J connectivity index is 1.72. The van der Waals surface area contributed by atoms with Crippen LogP contribution in [0.1, 0.15) is 11.1 Å². The summed E-state index contributed by atoms with van der Waals surface area (Å²) in [6.45, 7) is 0.319. The van der Waals surface area contributed by atoms with Crippen LogP contribution in [0, 0.1) is 0 Å². The Morgan fingerprint density at radius 2 is 1.56 bits per heavy atom. The molecule has 6 heteroatoms. The Kier molecular flexibility index (Phi) is 6.06. The van der Waals surface area contributed by atoms with Crippen molar-refractivity contribution in [1.29, 1.82) is 0 Å². The minimum Gasteiger partial charge on any atom is -0.256 e. The molecule has 0 aliphatic carbocycles. The number of benzene rings is 3. The molecular weight excluding hydrogens is 380 g/mol. The van der Waals surface area contributed by atoms with Gasteiger partial charge in [-0.1, -0.05) is 54.1 Å². The summed E-state index contributed by atoms with van der Waals surface area (Å²) in [4.78, 5) is 4.61. The van der Waals surface area contributed by atoms with E-state index >= 15 is 0 Å². The van der Waals surface area contributed by atoms with Gasteiger partial charge in [-0.15, -0.1) is 0 Å². The molecule has 0 radical (unpaired) electrons. The molecule has 3 aromatic rings. The van der Waals surface area contributed by atoms with E-state index in [4.69, 9.17) is 11.6 Å². The van der Waals surface area contributed by atoms with E-state index in [1.165, 1.54) is 4.31 Å². The van der Waals surface area contributed by atoms with Gasteiger partial charge in [-0.3, -0.25) is 4.99 Å². The van der Waals surface area contributed by atoms with Gasteiger partial charge < -0.3 is 0 Å². The van der Waals surface area contributed by atoms with E-state index in [1.54, 1.807) is 49.7 Å². The summed E-state index contributed by atoms with van der Waals surface area (Å²) < 4.78 is 26.8. The zero-order valence-electron chi connectivity index (χ0n) is 14.8. The summed E-state index contributed by atoms with van der Waals surface area (Å²) in [5, 5.41) is 0.668. The number of hydrogen-bond acceptors (Lipinski definition) is 3. The van der Waals surface area contributed by atoms with Crippen molar-refractivity contribution in [2.24, 2.45) is 4.99 Å². The molecule has 0 amide bonds. The van der Waals surface area contributed by atoms with Crippen LogP contribution in [-0.4, -0.2) is 26.0 Å². The van der Waals surface area contributed by atoms with Crippen molar-refractivity contribution in [3.63, 3.8) is 0 Å². The van der Waals surface area contributed by atoms with Crippen molar-refractivity contribution in [3.05, 3.63) is 95.0 Å². The number of nitrogens with zero attached hydrogens (tertiary/aromatic N) is 2. The van der Waals surface area contributed by atoms with Crippen LogP contribution in [0.2, 0.25) is 5.02 Å². The van der Waals surface area contributed by atoms with E-state index in [1.807, 2.05) is 42.5 Å². The zero-order valence-corrected chi connectivity index (χ0v) is 16.4. The monoisotopic (exact) mass is 398 g/mol. The fourth-order valence-corrected chi connectivity index (χ4v) is 3.79. The van der Waals surface area contributed by atoms with Crippen LogP contribution in [0.25, 0.3) is 0 Å². The highest BCUT2D eigenvalue weighted by atomic mass is 35.5. The van der Waals surface area contributed by atoms with E-state index in [9.17, 15) is 8.42 Å². The van der Waals surface area contributed by atoms with Gasteiger partial charge in [0, 0.05) is 24.8 Å². The number of rotatable bonds is 6. The summed E-state index contributed by atoms with van der Waals surface area (Å²) in [5.41, 5.74) is 2.53. The van der Waals surface area contributed by atoms with Gasteiger partial charge in [-0.25, -0.2) is 8.42 Å². The van der Waals surface area contributed by atoms with E-state index in [2.05, 4.69) is 4.99 Å². The first-order chi connectivity index (χ1) is 12.9. The third-order valence-corrected chi connectivity index (χ3v) is 6.10. The second-order valence-electron chi connectivity index (χ2n) is 6.05. The molecule has 0 aliphatic heterocycles. The third-order valence-electron chi connectivity index (χ3n) is 4.03. The quantitative estimate of drug-likeness (QED) is 0.554. The lowest BCUT2D eigenvalue weighted by molar-refractivity contribution is 0.467. The zero-order chi connectivity index (χ0) is 19.3. The molecule has 0 bridgehead atoms. The lowest BCUT2D eigenvalue weighted by Crippen LogP contribution is -2.26. The standard InChI is InChI=1S/C21H19ClN2O2S/c1-24(16-18-5-3-2-4-6-18)27(25,26)21-13-11-20(12-14-21)23-15-17-7-9-19(22)10-8-17/h2-15H,16H2,1H3. The first-order valence-electron chi connectivity index (χ1n) is 8.35. The molecule has 0 heterocycles. The van der Waals surface area contributed by atoms with Gasteiger partial charge in [-0.2, -0.15) is 4.31 Å². The first kappa shape index (κ1) is 19.3. The second kappa shape index (κ2) is 8.48. The van der Waals surface area contributed by atoms with Crippen LogP contribution in [-0.2, 0) is 16.6 Å². The van der Waals surface area contributed by atoms with E-state index in [0.29, 0.717) is 17.3 Å². The highest BCUT2D eigenvalue weighted by Crippen LogP contribution is 2.20. The summed E-state index contributed by atoms with van der Waals surface area (Å²) in [7, 11) is -1.98. The molecule has 3 rings (SSSR count). The fourth-order valence-electron chi connectivity index (χ4n) is 2.51. The molecule has 0 saturated heterocycles. The highest BCUT2D eigenvalue weighted by molar-refractivity contribution is 7.89. The van der Waals surface area contributed by atoms with Crippen LogP contribution in [0.4, 0.5) is 5.69 Å². The Labute approximate surface area is 164 Å². The smallest absolute Gasteiger partial charge is 0.243 e. The van der Waals surface area contributed by atoms with Gasteiger partial charge in [0.2, 0.25) is 10.0 Å². The average Bonchev–Trinajstić information content (AvgIpc) is 2.68. The molecule has 0 aliphatic rings. The molecule has 0 fully saturated rings. The molecule has 0 saturated carbocycles. The topological polar surface area (TPSA) is 49.7 Å². The van der Waals surface area contributed by atoms with Crippen LogP contribution in [0.3, 0.4) is 0 Å². The first-order valence-corrected chi connectivity index (χ1v) is 10.2. The Morgan fingerprint density at radius 3 is 2.19 bits per heavy atom. The van der Waals surface area contributed by atoms with E-state index < -0.39 is 10.0 Å². The maximum absolute atomic E-state index is 12.7. The molecule has 138 valence electrons. The molecular formula is C21H19ClN2O2S. The van der Waals surface area contributed by atoms with Gasteiger partial charge >= 0.3 is 0 Å². The van der Waals surface area contributed by atoms with Crippen molar-refractivity contribution in [1.82, 2.24) is 4.31 Å². The molecule has 0 atom stereocenters. The van der Waals surface area contributed by atoms with Crippen molar-refractivity contribution < 1.29 is 8.42 Å². The maximum Gasteiger partial charge on any atom is 0.243 e. The van der Waals surface area contributed by atoms with Gasteiger partial charge in [0.25, 0.3) is 0 Å². The summed E-state index contributed by atoms with van der Waals surface area (Å²) >= 11 is 5.86. The Bertz CT molecular complexity index is 1020. The van der Waals surface area contributed by atoms with E-state index in [0.717, 1.165) is 11.1 Å². The van der Waals surface area contributed by atoms with E-state index in [-0.39, 0.29) is 4.90 Å². The number of sulfonamides is 1. The minimum atomic E-state index is -3.56. The fraction of sp³-hybridized carbons (Fsp3) is 0.0952. The van der Waals surface area contributed by atoms with Crippen molar-refractivity contribution in [2.75, 3.05) is 7.05 Å². The van der Waals surface area contributed by atoms with Crippen LogP contribution in [0.5, 0.6) is 0 Å². The molecule has 4 nitrogen and oxygen atoms in total. The molecule has 0 aromatic heterocycles. The molecule has 27 heavy (non-hydrogen) atoms. The summed E-state index contributed by atoms with van der Waals surface area (Å²) in [6.07, 6.45) is 1.71. The number of halogens is 1. The largest absolute Gasteiger partial charge is 0.256 e. The predicted octanol–water partition coefficient (Wildman–Crippen LogP) is 4.91. The maximum atomic E-state index is 12.7. The van der Waals surface area contributed by atoms with Crippen LogP contribution >= 0.6 is 11.6 Å². The summed E-state index contributed by atoms with van der Waals surface area (Å²) in [6, 6.07) is 23.3. The van der Waals surface area contributed by atoms with Gasteiger partial charge in [-0.05, 0) is 47.5 Å². The molecule has 0 unspecified atom stereocenters. The van der Waals surface area contributed by atoms with Crippen molar-refractivity contribution >= 4 is 33.5 Å². The molecule has 3 aromatic carbocycles. The van der Waals surface area contributed by atoms with Gasteiger partial charge in [0.05, 0.1) is 10.6 Å². The minimum absolute atomic E-state index is 0.242. The molecule has 0 spiro atoms. The lowest BCUT2D eigenvalue weighted by Gasteiger charge is -2.17. The van der Waals surface area contributed by atoms with Crippen molar-refractivity contribution in [2.45, 2.75) is 11.4 Å². The van der Waals surface area contributed by atoms with Crippen LogP contribution in [0.15, 0.2) is 88.8 Å². The lowest BCUT2D eigenvalue weighted by atomic mass is 10.2. The molecule has 0 N–H and O–H groups in total. The number of hydrogen-bond donors (Lipinski definition) is 0. The highest BCUT2D eigenvalue weighted by Gasteiger charge is 2.20. The van der Waals surface area contributed by atoms with Crippen LogP contribution < -0.4 is 0 Å². The average molecular weight is 399 g/mol. The second-order valence-corrected chi connectivity index (χ2v) is 8.53. The Morgan fingerprint density at radius 1 is 0.926 bits per heavy atom. The third kappa shape index (κ3) is 5.04. The predicted molar refractivity (Wildman–Crippen MR) is 110 cm³/mol. The summed E-state index contributed by atoms with van der Waals surface area (Å²) in [5.74, 6) is 0. The van der Waals surface area contributed by atoms with Crippen molar-refractivity contribution in [3.8, 4) is 0 Å².